The topological polar surface area (TPSA) is 32.3 Å². The first kappa shape index (κ1) is 20.1. The minimum Gasteiger partial charge on any atom is -0.350 e. The van der Waals surface area contributed by atoms with E-state index in [4.69, 9.17) is 0 Å². The van der Waals surface area contributed by atoms with Crippen LogP contribution in [0.5, 0.6) is 0 Å². The Hall–Kier alpha value is -1.87. The van der Waals surface area contributed by atoms with E-state index in [9.17, 15) is 4.79 Å². The SMILES string of the molecule is CCCC(C)NC(=O)C1=CC2(CCN(CC3CC4C=CC3C4)CC2)c2ccccc21. The van der Waals surface area contributed by atoms with Crippen molar-refractivity contribution < 1.29 is 4.79 Å². The van der Waals surface area contributed by atoms with E-state index in [0.29, 0.717) is 0 Å². The molecule has 1 aromatic carbocycles. The van der Waals surface area contributed by atoms with Crippen LogP contribution in [0.3, 0.4) is 0 Å². The van der Waals surface area contributed by atoms with Crippen LogP contribution in [0, 0.1) is 17.8 Å². The number of likely N-dealkylation sites (tertiary alicyclic amines) is 1. The molecule has 1 spiro atoms. The first-order valence-electron chi connectivity index (χ1n) is 12.1. The second kappa shape index (κ2) is 8.00. The molecule has 160 valence electrons. The smallest absolute Gasteiger partial charge is 0.251 e. The van der Waals surface area contributed by atoms with Crippen LogP contribution < -0.4 is 5.32 Å². The monoisotopic (exact) mass is 404 g/mol. The Balaban J connectivity index is 1.29. The number of allylic oxidation sites excluding steroid dienone is 3. The number of hydrogen-bond donors (Lipinski definition) is 1. The van der Waals surface area contributed by atoms with Gasteiger partial charge in [-0.15, -0.1) is 0 Å². The van der Waals surface area contributed by atoms with E-state index in [2.05, 4.69) is 66.6 Å². The van der Waals surface area contributed by atoms with E-state index in [-0.39, 0.29) is 17.4 Å². The fourth-order valence-electron chi connectivity index (χ4n) is 6.56. The van der Waals surface area contributed by atoms with Crippen LogP contribution in [0.2, 0.25) is 0 Å². The van der Waals surface area contributed by atoms with Crippen molar-refractivity contribution in [1.29, 1.82) is 0 Å². The normalized spacial score (nSPS) is 29.8. The summed E-state index contributed by atoms with van der Waals surface area (Å²) in [5.41, 5.74) is 3.48. The number of nitrogens with one attached hydrogen (secondary N) is 1. The Morgan fingerprint density at radius 2 is 2.00 bits per heavy atom. The number of carbonyl (C=O) groups excluding carboxylic acids is 1. The lowest BCUT2D eigenvalue weighted by atomic mass is 9.74. The summed E-state index contributed by atoms with van der Waals surface area (Å²) in [6.45, 7) is 7.83. The van der Waals surface area contributed by atoms with Crippen molar-refractivity contribution in [3.8, 4) is 0 Å². The van der Waals surface area contributed by atoms with E-state index < -0.39 is 0 Å². The van der Waals surface area contributed by atoms with Crippen molar-refractivity contribution in [3.05, 3.63) is 53.6 Å². The maximum atomic E-state index is 13.1. The molecule has 30 heavy (non-hydrogen) atoms. The largest absolute Gasteiger partial charge is 0.350 e. The molecule has 1 saturated heterocycles. The lowest BCUT2D eigenvalue weighted by Gasteiger charge is -2.40. The fraction of sp³-hybridized carbons (Fsp3) is 0.593. The van der Waals surface area contributed by atoms with E-state index in [0.717, 1.165) is 67.7 Å². The van der Waals surface area contributed by atoms with Crippen molar-refractivity contribution in [3.63, 3.8) is 0 Å². The zero-order valence-electron chi connectivity index (χ0n) is 18.6. The highest BCUT2D eigenvalue weighted by Gasteiger charge is 2.43. The summed E-state index contributed by atoms with van der Waals surface area (Å²) in [5, 5.41) is 3.23. The van der Waals surface area contributed by atoms with Crippen LogP contribution in [0.15, 0.2) is 42.5 Å². The number of hydrogen-bond acceptors (Lipinski definition) is 2. The molecule has 2 bridgehead atoms. The Kier molecular flexibility index (Phi) is 5.35. The van der Waals surface area contributed by atoms with Crippen LogP contribution in [0.4, 0.5) is 0 Å². The Labute approximate surface area is 181 Å². The van der Waals surface area contributed by atoms with E-state index in [1.807, 2.05) is 0 Å². The van der Waals surface area contributed by atoms with E-state index in [1.165, 1.54) is 24.9 Å². The molecule has 3 heteroatoms. The molecule has 1 saturated carbocycles. The highest BCUT2D eigenvalue weighted by Crippen LogP contribution is 2.48. The van der Waals surface area contributed by atoms with Crippen molar-refractivity contribution in [1.82, 2.24) is 10.2 Å². The third-order valence-electron chi connectivity index (χ3n) is 8.18. The maximum absolute atomic E-state index is 13.1. The molecule has 1 heterocycles. The summed E-state index contributed by atoms with van der Waals surface area (Å²) in [6, 6.07) is 8.85. The number of nitrogens with zero attached hydrogens (tertiary/aromatic N) is 1. The lowest BCUT2D eigenvalue weighted by molar-refractivity contribution is -0.116. The number of piperidine rings is 1. The van der Waals surface area contributed by atoms with Crippen LogP contribution >= 0.6 is 0 Å². The van der Waals surface area contributed by atoms with Gasteiger partial charge in [0.05, 0.1) is 0 Å². The standard InChI is InChI=1S/C27H36N2O/c1-3-6-19(2)28-26(30)24-17-27(25-8-5-4-7-23(24)25)11-13-29(14-12-27)18-22-16-20-9-10-21(22)15-20/h4-5,7-10,17,19-22H,3,6,11-16,18H2,1-2H3,(H,28,30). The highest BCUT2D eigenvalue weighted by atomic mass is 16.1. The zero-order chi connectivity index (χ0) is 20.7. The Bertz CT molecular complexity index is 861. The molecule has 2 fully saturated rings. The molecule has 1 aromatic rings. The van der Waals surface area contributed by atoms with E-state index >= 15 is 0 Å². The van der Waals surface area contributed by atoms with Gasteiger partial charge in [0.15, 0.2) is 0 Å². The molecular weight excluding hydrogens is 368 g/mol. The quantitative estimate of drug-likeness (QED) is 0.682. The van der Waals surface area contributed by atoms with Gasteiger partial charge in [0, 0.05) is 23.6 Å². The Morgan fingerprint density at radius 3 is 2.70 bits per heavy atom. The average molecular weight is 405 g/mol. The minimum absolute atomic E-state index is 0.0440. The van der Waals surface area contributed by atoms with Crippen LogP contribution in [-0.4, -0.2) is 36.5 Å². The summed E-state index contributed by atoms with van der Waals surface area (Å²) in [7, 11) is 0. The number of fused-ring (bicyclic) bond motifs is 4. The van der Waals surface area contributed by atoms with Gasteiger partial charge in [-0.1, -0.05) is 55.8 Å². The molecule has 5 rings (SSSR count). The molecule has 4 unspecified atom stereocenters. The lowest BCUT2D eigenvalue weighted by Crippen LogP contribution is -2.43. The molecule has 4 atom stereocenters. The molecular formula is C27H36N2O. The summed E-state index contributed by atoms with van der Waals surface area (Å²) in [5.74, 6) is 2.66. The number of amides is 1. The van der Waals surface area contributed by atoms with Gasteiger partial charge in [-0.3, -0.25) is 4.79 Å². The van der Waals surface area contributed by atoms with Crippen LogP contribution in [0.25, 0.3) is 5.57 Å². The van der Waals surface area contributed by atoms with Gasteiger partial charge in [-0.2, -0.15) is 0 Å². The van der Waals surface area contributed by atoms with Crippen LogP contribution in [-0.2, 0) is 10.2 Å². The molecule has 1 N–H and O–H groups in total. The Morgan fingerprint density at radius 1 is 1.20 bits per heavy atom. The second-order valence-electron chi connectivity index (χ2n) is 10.3. The predicted molar refractivity (Wildman–Crippen MR) is 123 cm³/mol. The molecule has 3 nitrogen and oxygen atoms in total. The molecule has 1 amide bonds. The van der Waals surface area contributed by atoms with Crippen molar-refractivity contribution in [2.75, 3.05) is 19.6 Å². The molecule has 4 aliphatic rings. The molecule has 1 aliphatic heterocycles. The summed E-state index contributed by atoms with van der Waals surface area (Å²) >= 11 is 0. The van der Waals surface area contributed by atoms with Crippen LogP contribution in [0.1, 0.15) is 63.5 Å². The number of carbonyl (C=O) groups is 1. The first-order chi connectivity index (χ1) is 14.6. The summed E-state index contributed by atoms with van der Waals surface area (Å²) < 4.78 is 0. The summed E-state index contributed by atoms with van der Waals surface area (Å²) in [6.07, 6.45) is 14.4. The minimum atomic E-state index is 0.0440. The average Bonchev–Trinajstić information content (AvgIpc) is 3.44. The van der Waals surface area contributed by atoms with Crippen molar-refractivity contribution in [2.24, 2.45) is 17.8 Å². The first-order valence-corrected chi connectivity index (χ1v) is 12.1. The predicted octanol–water partition coefficient (Wildman–Crippen LogP) is 4.93. The summed E-state index contributed by atoms with van der Waals surface area (Å²) in [4.78, 5) is 15.8. The van der Waals surface area contributed by atoms with Gasteiger partial charge in [-0.05, 0) is 81.0 Å². The third kappa shape index (κ3) is 3.56. The maximum Gasteiger partial charge on any atom is 0.251 e. The number of rotatable bonds is 6. The molecule has 0 aromatic heterocycles. The van der Waals surface area contributed by atoms with Gasteiger partial charge < -0.3 is 10.2 Å². The fourth-order valence-corrected chi connectivity index (χ4v) is 6.56. The third-order valence-corrected chi connectivity index (χ3v) is 8.18. The van der Waals surface area contributed by atoms with Gasteiger partial charge >= 0.3 is 0 Å². The van der Waals surface area contributed by atoms with Gasteiger partial charge in [0.1, 0.15) is 0 Å². The van der Waals surface area contributed by atoms with Crippen molar-refractivity contribution >= 4 is 11.5 Å². The van der Waals surface area contributed by atoms with Gasteiger partial charge in [-0.25, -0.2) is 0 Å². The van der Waals surface area contributed by atoms with E-state index in [1.54, 1.807) is 0 Å². The van der Waals surface area contributed by atoms with Gasteiger partial charge in [0.2, 0.25) is 0 Å². The second-order valence-corrected chi connectivity index (χ2v) is 10.3. The highest BCUT2D eigenvalue weighted by molar-refractivity contribution is 6.21. The molecule has 3 aliphatic carbocycles. The number of benzene rings is 1. The molecule has 0 radical (unpaired) electrons. The zero-order valence-corrected chi connectivity index (χ0v) is 18.6. The van der Waals surface area contributed by atoms with Crippen molar-refractivity contribution in [2.45, 2.75) is 63.8 Å². The van der Waals surface area contributed by atoms with Gasteiger partial charge in [0.25, 0.3) is 5.91 Å².